The summed E-state index contributed by atoms with van der Waals surface area (Å²) in [7, 11) is 0. The van der Waals surface area contributed by atoms with Crippen LogP contribution in [0.1, 0.15) is 54.7 Å². The molecule has 0 unspecified atom stereocenters. The van der Waals surface area contributed by atoms with Crippen molar-refractivity contribution in [3.05, 3.63) is 34.0 Å². The standard InChI is InChI=1S/C16H22N4S/c1-2-6-12(5-1)16(13-7-4-10-21-13)17-11-15-19-18-14-8-3-9-20(14)15/h4,7,10,12,16-17H,1-3,5-6,8-9,11H2/t16-/m1/s1. The Morgan fingerprint density at radius 2 is 2.19 bits per heavy atom. The molecule has 1 aliphatic carbocycles. The van der Waals surface area contributed by atoms with E-state index in [1.54, 1.807) is 0 Å². The van der Waals surface area contributed by atoms with Crippen LogP contribution in [0.15, 0.2) is 17.5 Å². The van der Waals surface area contributed by atoms with Crippen LogP contribution in [-0.4, -0.2) is 14.8 Å². The highest BCUT2D eigenvalue weighted by Crippen LogP contribution is 2.37. The SMILES string of the molecule is c1csc([C@H](NCc2nnc3n2CCC3)C2CCCC2)c1. The van der Waals surface area contributed by atoms with Crippen molar-refractivity contribution >= 4 is 11.3 Å². The molecule has 1 saturated carbocycles. The maximum absolute atomic E-state index is 4.37. The third kappa shape index (κ3) is 2.64. The van der Waals surface area contributed by atoms with Gasteiger partial charge in [0.05, 0.1) is 6.54 Å². The van der Waals surface area contributed by atoms with Crippen molar-refractivity contribution in [2.45, 2.75) is 57.7 Å². The number of nitrogens with one attached hydrogen (secondary N) is 1. The first-order valence-corrected chi connectivity index (χ1v) is 8.97. The van der Waals surface area contributed by atoms with Gasteiger partial charge in [0, 0.05) is 23.9 Å². The molecule has 2 aromatic rings. The zero-order valence-corrected chi connectivity index (χ0v) is 13.1. The summed E-state index contributed by atoms with van der Waals surface area (Å²) in [6.07, 6.45) is 7.78. The zero-order valence-electron chi connectivity index (χ0n) is 12.3. The Labute approximate surface area is 129 Å². The van der Waals surface area contributed by atoms with E-state index in [0.29, 0.717) is 6.04 Å². The summed E-state index contributed by atoms with van der Waals surface area (Å²) in [5.74, 6) is 3.06. The van der Waals surface area contributed by atoms with Crippen molar-refractivity contribution in [3.8, 4) is 0 Å². The molecule has 1 atom stereocenters. The zero-order chi connectivity index (χ0) is 14.1. The number of rotatable bonds is 5. The van der Waals surface area contributed by atoms with Gasteiger partial charge in [0.1, 0.15) is 11.6 Å². The number of hydrogen-bond donors (Lipinski definition) is 1. The number of thiophene rings is 1. The molecule has 1 aliphatic heterocycles. The Hall–Kier alpha value is -1.20. The second-order valence-electron chi connectivity index (χ2n) is 6.21. The van der Waals surface area contributed by atoms with E-state index in [-0.39, 0.29) is 0 Å². The number of fused-ring (bicyclic) bond motifs is 1. The number of aryl methyl sites for hydroxylation is 1. The van der Waals surface area contributed by atoms with Crippen LogP contribution in [-0.2, 0) is 19.5 Å². The van der Waals surface area contributed by atoms with Crippen LogP contribution in [0.4, 0.5) is 0 Å². The van der Waals surface area contributed by atoms with Crippen molar-refractivity contribution in [1.82, 2.24) is 20.1 Å². The minimum absolute atomic E-state index is 0.488. The van der Waals surface area contributed by atoms with Crippen LogP contribution in [0.2, 0.25) is 0 Å². The van der Waals surface area contributed by atoms with Crippen LogP contribution in [0.25, 0.3) is 0 Å². The Morgan fingerprint density at radius 1 is 1.29 bits per heavy atom. The molecule has 0 spiro atoms. The highest BCUT2D eigenvalue weighted by atomic mass is 32.1. The van der Waals surface area contributed by atoms with Gasteiger partial charge in [0.15, 0.2) is 0 Å². The van der Waals surface area contributed by atoms with E-state index in [1.807, 2.05) is 11.3 Å². The fourth-order valence-corrected chi connectivity index (χ4v) is 4.70. The first kappa shape index (κ1) is 13.5. The average molecular weight is 302 g/mol. The van der Waals surface area contributed by atoms with E-state index >= 15 is 0 Å². The lowest BCUT2D eigenvalue weighted by Crippen LogP contribution is -2.27. The normalized spacial score (nSPS) is 20.0. The lowest BCUT2D eigenvalue weighted by atomic mass is 9.96. The molecule has 2 aromatic heterocycles. The van der Waals surface area contributed by atoms with Gasteiger partial charge in [-0.1, -0.05) is 18.9 Å². The Kier molecular flexibility index (Phi) is 3.78. The van der Waals surface area contributed by atoms with Gasteiger partial charge in [0.25, 0.3) is 0 Å². The minimum atomic E-state index is 0.488. The van der Waals surface area contributed by atoms with E-state index in [9.17, 15) is 0 Å². The molecular formula is C16H22N4S. The monoisotopic (exact) mass is 302 g/mol. The minimum Gasteiger partial charge on any atom is -0.314 e. The number of aromatic nitrogens is 3. The quantitative estimate of drug-likeness (QED) is 0.921. The first-order chi connectivity index (χ1) is 10.4. The summed E-state index contributed by atoms with van der Waals surface area (Å²) in [6.45, 7) is 1.93. The molecule has 112 valence electrons. The average Bonchev–Trinajstić information content (AvgIpc) is 3.27. The first-order valence-electron chi connectivity index (χ1n) is 8.09. The predicted octanol–water partition coefficient (Wildman–Crippen LogP) is 3.31. The fraction of sp³-hybridized carbons (Fsp3) is 0.625. The van der Waals surface area contributed by atoms with Crippen molar-refractivity contribution in [2.75, 3.05) is 0 Å². The lowest BCUT2D eigenvalue weighted by Gasteiger charge is -2.23. The molecule has 4 nitrogen and oxygen atoms in total. The molecule has 1 N–H and O–H groups in total. The van der Waals surface area contributed by atoms with Gasteiger partial charge < -0.3 is 9.88 Å². The lowest BCUT2D eigenvalue weighted by molar-refractivity contribution is 0.365. The van der Waals surface area contributed by atoms with Crippen molar-refractivity contribution in [2.24, 2.45) is 5.92 Å². The number of nitrogens with zero attached hydrogens (tertiary/aromatic N) is 3. The molecule has 1 fully saturated rings. The van der Waals surface area contributed by atoms with Crippen LogP contribution in [0.5, 0.6) is 0 Å². The molecule has 0 bridgehead atoms. The fourth-order valence-electron chi connectivity index (χ4n) is 3.80. The van der Waals surface area contributed by atoms with Crippen LogP contribution < -0.4 is 5.32 Å². The van der Waals surface area contributed by atoms with Crippen LogP contribution >= 0.6 is 11.3 Å². The molecule has 0 aromatic carbocycles. The van der Waals surface area contributed by atoms with Crippen molar-refractivity contribution < 1.29 is 0 Å². The Bertz CT molecular complexity index is 583. The predicted molar refractivity (Wildman–Crippen MR) is 84.2 cm³/mol. The van der Waals surface area contributed by atoms with E-state index in [2.05, 4.69) is 37.6 Å². The molecule has 0 radical (unpaired) electrons. The smallest absolute Gasteiger partial charge is 0.147 e. The second kappa shape index (κ2) is 5.89. The molecule has 2 aliphatic rings. The summed E-state index contributed by atoms with van der Waals surface area (Å²) in [5, 5.41) is 14.7. The number of hydrogen-bond acceptors (Lipinski definition) is 4. The topological polar surface area (TPSA) is 42.7 Å². The highest BCUT2D eigenvalue weighted by molar-refractivity contribution is 7.10. The third-order valence-electron chi connectivity index (χ3n) is 4.89. The maximum Gasteiger partial charge on any atom is 0.147 e. The Morgan fingerprint density at radius 3 is 3.00 bits per heavy atom. The van der Waals surface area contributed by atoms with Gasteiger partial charge >= 0.3 is 0 Å². The van der Waals surface area contributed by atoms with Crippen molar-refractivity contribution in [3.63, 3.8) is 0 Å². The van der Waals surface area contributed by atoms with Crippen molar-refractivity contribution in [1.29, 1.82) is 0 Å². The molecule has 3 heterocycles. The summed E-state index contributed by atoms with van der Waals surface area (Å²) >= 11 is 1.88. The Balaban J connectivity index is 1.49. The van der Waals surface area contributed by atoms with Gasteiger partial charge in [-0.3, -0.25) is 0 Å². The van der Waals surface area contributed by atoms with E-state index in [0.717, 1.165) is 31.3 Å². The molecule has 0 saturated heterocycles. The maximum atomic E-state index is 4.37. The van der Waals surface area contributed by atoms with E-state index in [1.165, 1.54) is 42.8 Å². The summed E-state index contributed by atoms with van der Waals surface area (Å²) in [4.78, 5) is 1.48. The van der Waals surface area contributed by atoms with Gasteiger partial charge in [0.2, 0.25) is 0 Å². The van der Waals surface area contributed by atoms with E-state index < -0.39 is 0 Å². The van der Waals surface area contributed by atoms with Crippen LogP contribution in [0.3, 0.4) is 0 Å². The second-order valence-corrected chi connectivity index (χ2v) is 7.19. The summed E-state index contributed by atoms with van der Waals surface area (Å²) in [6, 6.07) is 4.93. The summed E-state index contributed by atoms with van der Waals surface area (Å²) < 4.78 is 2.30. The van der Waals surface area contributed by atoms with Gasteiger partial charge in [-0.2, -0.15) is 0 Å². The molecule has 0 amide bonds. The molecule has 21 heavy (non-hydrogen) atoms. The largest absolute Gasteiger partial charge is 0.314 e. The van der Waals surface area contributed by atoms with Gasteiger partial charge in [-0.15, -0.1) is 21.5 Å². The third-order valence-corrected chi connectivity index (χ3v) is 5.84. The molecule has 5 heteroatoms. The highest BCUT2D eigenvalue weighted by Gasteiger charge is 2.27. The molecule has 4 rings (SSSR count). The van der Waals surface area contributed by atoms with Gasteiger partial charge in [-0.25, -0.2) is 0 Å². The van der Waals surface area contributed by atoms with Gasteiger partial charge in [-0.05, 0) is 36.6 Å². The summed E-state index contributed by atoms with van der Waals surface area (Å²) in [5.41, 5.74) is 0. The molecular weight excluding hydrogens is 280 g/mol. The van der Waals surface area contributed by atoms with Crippen LogP contribution in [0, 0.1) is 5.92 Å². The van der Waals surface area contributed by atoms with E-state index in [4.69, 9.17) is 0 Å².